The van der Waals surface area contributed by atoms with Crippen LogP contribution >= 0.6 is 0 Å². The predicted molar refractivity (Wildman–Crippen MR) is 111 cm³/mol. The molecule has 0 atom stereocenters. The molecule has 2 aromatic carbocycles. The number of urea groups is 1. The van der Waals surface area contributed by atoms with E-state index in [0.29, 0.717) is 19.4 Å². The zero-order valence-corrected chi connectivity index (χ0v) is 17.1. The van der Waals surface area contributed by atoms with Crippen molar-refractivity contribution < 1.29 is 14.4 Å². The lowest BCUT2D eigenvalue weighted by Crippen LogP contribution is -2.49. The molecule has 2 fully saturated rings. The largest absolute Gasteiger partial charge is 0.340 e. The van der Waals surface area contributed by atoms with Crippen LogP contribution in [0.15, 0.2) is 42.5 Å². The van der Waals surface area contributed by atoms with E-state index in [0.717, 1.165) is 40.5 Å². The van der Waals surface area contributed by atoms with Crippen LogP contribution in [0.2, 0.25) is 0 Å². The van der Waals surface area contributed by atoms with Gasteiger partial charge in [-0.05, 0) is 35.2 Å². The van der Waals surface area contributed by atoms with Crippen molar-refractivity contribution in [1.29, 1.82) is 0 Å². The summed E-state index contributed by atoms with van der Waals surface area (Å²) < 4.78 is 0. The Labute approximate surface area is 171 Å². The molecule has 0 unspecified atom stereocenters. The number of rotatable bonds is 4. The highest BCUT2D eigenvalue weighted by Crippen LogP contribution is 2.39. The first-order valence-corrected chi connectivity index (χ1v) is 10.2. The lowest BCUT2D eigenvalue weighted by molar-refractivity contribution is -0.140. The van der Waals surface area contributed by atoms with Crippen LogP contribution in [-0.2, 0) is 16.1 Å². The third kappa shape index (κ3) is 3.37. The molecule has 4 rings (SSSR count). The van der Waals surface area contributed by atoms with Gasteiger partial charge in [0.2, 0.25) is 5.91 Å². The number of hydrogen-bond donors (Lipinski definition) is 0. The number of carbonyl (C=O) groups is 3. The Morgan fingerprint density at radius 3 is 2.45 bits per heavy atom. The summed E-state index contributed by atoms with van der Waals surface area (Å²) in [6.45, 7) is 0.231. The number of imide groups is 1. The fraction of sp³-hybridized carbons (Fsp3) is 0.435. The van der Waals surface area contributed by atoms with Gasteiger partial charge >= 0.3 is 6.03 Å². The Kier molecular flexibility index (Phi) is 5.03. The molecule has 0 bridgehead atoms. The molecule has 2 aromatic rings. The predicted octanol–water partition coefficient (Wildman–Crippen LogP) is 3.40. The quantitative estimate of drug-likeness (QED) is 0.748. The Bertz CT molecular complexity index is 965. The van der Waals surface area contributed by atoms with Crippen LogP contribution in [0.25, 0.3) is 10.8 Å². The number of carbonyl (C=O) groups excluding carboxylic acids is 3. The smallest absolute Gasteiger partial charge is 0.327 e. The lowest BCUT2D eigenvalue weighted by Gasteiger charge is -2.35. The van der Waals surface area contributed by atoms with Gasteiger partial charge in [0, 0.05) is 20.6 Å². The zero-order valence-electron chi connectivity index (χ0n) is 17.1. The zero-order chi connectivity index (χ0) is 20.6. The van der Waals surface area contributed by atoms with E-state index < -0.39 is 5.54 Å². The van der Waals surface area contributed by atoms with Gasteiger partial charge in [-0.1, -0.05) is 55.7 Å². The van der Waals surface area contributed by atoms with E-state index in [1.165, 1.54) is 0 Å². The van der Waals surface area contributed by atoms with Crippen molar-refractivity contribution in [2.45, 2.75) is 44.2 Å². The first-order chi connectivity index (χ1) is 13.9. The molecule has 0 radical (unpaired) electrons. The maximum Gasteiger partial charge on any atom is 0.327 e. The van der Waals surface area contributed by atoms with Gasteiger partial charge in [-0.25, -0.2) is 4.79 Å². The fourth-order valence-corrected chi connectivity index (χ4v) is 4.63. The number of amides is 4. The summed E-state index contributed by atoms with van der Waals surface area (Å²) in [6, 6.07) is 13.8. The molecule has 1 saturated carbocycles. The summed E-state index contributed by atoms with van der Waals surface area (Å²) in [7, 11) is 3.40. The standard InChI is InChI=1S/C23H27N3O3/c1-24(15-17-10-11-18-8-4-5-9-19(18)14-17)20(27)16-26-21(28)23(25(2)22(26)29)12-6-3-7-13-23/h4-5,8-11,14H,3,6-7,12-13,15-16H2,1-2H3. The molecule has 1 aliphatic carbocycles. The summed E-state index contributed by atoms with van der Waals surface area (Å²) in [5, 5.41) is 2.27. The second-order valence-corrected chi connectivity index (χ2v) is 8.26. The first kappa shape index (κ1) is 19.4. The maximum atomic E-state index is 13.1. The van der Waals surface area contributed by atoms with Crippen molar-refractivity contribution in [1.82, 2.24) is 14.7 Å². The molecule has 1 spiro atoms. The van der Waals surface area contributed by atoms with Crippen molar-refractivity contribution in [2.24, 2.45) is 0 Å². The minimum Gasteiger partial charge on any atom is -0.340 e. The number of likely N-dealkylation sites (N-methyl/N-ethyl adjacent to an activating group) is 2. The molecule has 1 heterocycles. The molecule has 0 N–H and O–H groups in total. The first-order valence-electron chi connectivity index (χ1n) is 10.2. The van der Waals surface area contributed by atoms with Crippen LogP contribution < -0.4 is 0 Å². The van der Waals surface area contributed by atoms with E-state index in [1.54, 1.807) is 23.9 Å². The minimum absolute atomic E-state index is 0.201. The van der Waals surface area contributed by atoms with E-state index in [1.807, 2.05) is 30.3 Å². The number of fused-ring (bicyclic) bond motifs is 1. The second-order valence-electron chi connectivity index (χ2n) is 8.26. The highest BCUT2D eigenvalue weighted by molar-refractivity contribution is 6.08. The maximum absolute atomic E-state index is 13.1. The molecule has 1 saturated heterocycles. The topological polar surface area (TPSA) is 60.9 Å². The molecule has 6 heteroatoms. The van der Waals surface area contributed by atoms with Crippen molar-refractivity contribution in [3.05, 3.63) is 48.0 Å². The molecular weight excluding hydrogens is 366 g/mol. The normalized spacial score (nSPS) is 18.7. The highest BCUT2D eigenvalue weighted by Gasteiger charge is 2.55. The highest BCUT2D eigenvalue weighted by atomic mass is 16.2. The van der Waals surface area contributed by atoms with Gasteiger partial charge in [0.25, 0.3) is 5.91 Å². The minimum atomic E-state index is -0.744. The molecule has 0 aromatic heterocycles. The third-order valence-electron chi connectivity index (χ3n) is 6.44. The van der Waals surface area contributed by atoms with Gasteiger partial charge in [0.15, 0.2) is 0 Å². The monoisotopic (exact) mass is 393 g/mol. The van der Waals surface area contributed by atoms with Crippen molar-refractivity contribution in [3.63, 3.8) is 0 Å². The Morgan fingerprint density at radius 2 is 1.72 bits per heavy atom. The summed E-state index contributed by atoms with van der Waals surface area (Å²) in [5.74, 6) is -0.446. The average molecular weight is 393 g/mol. The van der Waals surface area contributed by atoms with Crippen LogP contribution in [0.4, 0.5) is 4.79 Å². The Balaban J connectivity index is 1.45. The second kappa shape index (κ2) is 7.50. The number of hydrogen-bond acceptors (Lipinski definition) is 3. The van der Waals surface area contributed by atoms with Gasteiger partial charge in [0.1, 0.15) is 12.1 Å². The van der Waals surface area contributed by atoms with Crippen LogP contribution in [0.3, 0.4) is 0 Å². The molecule has 4 amide bonds. The Hall–Kier alpha value is -2.89. The van der Waals surface area contributed by atoms with Gasteiger partial charge in [-0.3, -0.25) is 14.5 Å². The van der Waals surface area contributed by atoms with Gasteiger partial charge < -0.3 is 9.80 Å². The molecule has 2 aliphatic rings. The van der Waals surface area contributed by atoms with Gasteiger partial charge in [-0.15, -0.1) is 0 Å². The average Bonchev–Trinajstić information content (AvgIpc) is 2.90. The molecule has 1 aliphatic heterocycles. The lowest BCUT2D eigenvalue weighted by atomic mass is 9.81. The summed E-state index contributed by atoms with van der Waals surface area (Å²) >= 11 is 0. The van der Waals surface area contributed by atoms with Gasteiger partial charge in [-0.2, -0.15) is 0 Å². The van der Waals surface area contributed by atoms with Crippen LogP contribution in [0.5, 0.6) is 0 Å². The molecular formula is C23H27N3O3. The van der Waals surface area contributed by atoms with E-state index >= 15 is 0 Å². The fourth-order valence-electron chi connectivity index (χ4n) is 4.63. The molecule has 6 nitrogen and oxygen atoms in total. The number of benzene rings is 2. The molecule has 29 heavy (non-hydrogen) atoms. The molecule has 152 valence electrons. The van der Waals surface area contributed by atoms with E-state index in [2.05, 4.69) is 12.1 Å². The van der Waals surface area contributed by atoms with Crippen LogP contribution in [-0.4, -0.2) is 58.7 Å². The van der Waals surface area contributed by atoms with E-state index in [9.17, 15) is 14.4 Å². The summed E-state index contributed by atoms with van der Waals surface area (Å²) in [6.07, 6.45) is 4.34. The third-order valence-corrected chi connectivity index (χ3v) is 6.44. The Morgan fingerprint density at radius 1 is 1.03 bits per heavy atom. The summed E-state index contributed by atoms with van der Waals surface area (Å²) in [4.78, 5) is 42.9. The van der Waals surface area contributed by atoms with Crippen molar-refractivity contribution >= 4 is 28.6 Å². The van der Waals surface area contributed by atoms with Crippen LogP contribution in [0, 0.1) is 0 Å². The van der Waals surface area contributed by atoms with Crippen molar-refractivity contribution in [2.75, 3.05) is 20.6 Å². The van der Waals surface area contributed by atoms with Gasteiger partial charge in [0.05, 0.1) is 0 Å². The van der Waals surface area contributed by atoms with E-state index in [4.69, 9.17) is 0 Å². The van der Waals surface area contributed by atoms with Crippen molar-refractivity contribution in [3.8, 4) is 0 Å². The van der Waals surface area contributed by atoms with Crippen LogP contribution in [0.1, 0.15) is 37.7 Å². The van der Waals surface area contributed by atoms with E-state index in [-0.39, 0.29) is 24.4 Å². The SMILES string of the molecule is CN(Cc1ccc2ccccc2c1)C(=O)CN1C(=O)N(C)C2(CCCCC2)C1=O. The summed E-state index contributed by atoms with van der Waals surface area (Å²) in [5.41, 5.74) is 0.270. The number of nitrogens with zero attached hydrogens (tertiary/aromatic N) is 3.